The van der Waals surface area contributed by atoms with Gasteiger partial charge in [-0.2, -0.15) is 0 Å². The fourth-order valence-electron chi connectivity index (χ4n) is 2.47. The van der Waals surface area contributed by atoms with Crippen molar-refractivity contribution in [3.63, 3.8) is 0 Å². The highest BCUT2D eigenvalue weighted by Gasteiger charge is 2.21. The smallest absolute Gasteiger partial charge is 0.260 e. The first-order valence-corrected chi connectivity index (χ1v) is 5.57. The largest absolute Gasteiger partial charge is 0.710 e. The van der Waals surface area contributed by atoms with Crippen LogP contribution >= 0.6 is 0 Å². The number of benzene rings is 1. The van der Waals surface area contributed by atoms with Crippen LogP contribution in [0.5, 0.6) is 0 Å². The number of nitrogens with zero attached hydrogens (tertiary/aromatic N) is 2. The minimum absolute atomic E-state index is 0.814. The van der Waals surface area contributed by atoms with Crippen LogP contribution in [0.2, 0.25) is 0 Å². The first-order chi connectivity index (χ1) is 7.38. The molecule has 0 saturated heterocycles. The maximum absolute atomic E-state index is 12.0. The molecule has 0 radical (unpaired) electrons. The minimum atomic E-state index is 0.814. The van der Waals surface area contributed by atoms with Crippen LogP contribution < -0.4 is 4.73 Å². The highest BCUT2D eigenvalue weighted by molar-refractivity contribution is 5.72. The zero-order valence-electron chi connectivity index (χ0n) is 8.65. The third kappa shape index (κ3) is 1.23. The normalized spacial score (nSPS) is 16.3. The van der Waals surface area contributed by atoms with Crippen molar-refractivity contribution < 1.29 is 4.73 Å². The molecule has 0 fully saturated rings. The number of aromatic nitrogens is 2. The Bertz CT molecular complexity index is 502. The second-order valence-electron chi connectivity index (χ2n) is 4.16. The molecule has 1 aromatic carbocycles. The lowest BCUT2D eigenvalue weighted by atomic mass is 10.2. The molecule has 0 amide bonds. The third-order valence-corrected chi connectivity index (χ3v) is 3.22. The van der Waals surface area contributed by atoms with Gasteiger partial charge < -0.3 is 5.21 Å². The standard InChI is InChI=1S/C12H14N2O/c15-14-11-7-4-3-6-10(11)13-9-5-1-2-8-12(13)14/h3-4,6-7H,1-2,5,8-9H2. The van der Waals surface area contributed by atoms with Gasteiger partial charge in [0.15, 0.2) is 11.0 Å². The fourth-order valence-corrected chi connectivity index (χ4v) is 2.47. The number of rotatable bonds is 0. The number of para-hydroxylation sites is 2. The van der Waals surface area contributed by atoms with Gasteiger partial charge in [0.05, 0.1) is 6.54 Å². The second-order valence-corrected chi connectivity index (χ2v) is 4.16. The topological polar surface area (TPSA) is 31.9 Å². The van der Waals surface area contributed by atoms with E-state index in [0.717, 1.165) is 41.0 Å². The van der Waals surface area contributed by atoms with E-state index in [1.165, 1.54) is 12.8 Å². The Morgan fingerprint density at radius 3 is 2.93 bits per heavy atom. The van der Waals surface area contributed by atoms with Crippen LogP contribution in [-0.4, -0.2) is 4.57 Å². The summed E-state index contributed by atoms with van der Waals surface area (Å²) in [6.45, 7) is 0.991. The van der Waals surface area contributed by atoms with E-state index in [-0.39, 0.29) is 0 Å². The van der Waals surface area contributed by atoms with E-state index in [1.807, 2.05) is 24.3 Å². The van der Waals surface area contributed by atoms with Crippen LogP contribution in [0.25, 0.3) is 11.0 Å². The predicted molar refractivity (Wildman–Crippen MR) is 58.5 cm³/mol. The summed E-state index contributed by atoms with van der Waals surface area (Å²) in [4.78, 5) is 0. The molecule has 0 spiro atoms. The molecule has 0 saturated carbocycles. The lowest BCUT2D eigenvalue weighted by Gasteiger charge is -2.01. The molecule has 1 aromatic heterocycles. The van der Waals surface area contributed by atoms with Crippen LogP contribution in [-0.2, 0) is 13.0 Å². The molecule has 1 aliphatic heterocycles. The van der Waals surface area contributed by atoms with Crippen LogP contribution in [0, 0.1) is 5.21 Å². The Morgan fingerprint density at radius 2 is 2.00 bits per heavy atom. The number of hydrogen-bond acceptors (Lipinski definition) is 1. The van der Waals surface area contributed by atoms with Crippen molar-refractivity contribution in [2.45, 2.75) is 32.2 Å². The molecule has 0 N–H and O–H groups in total. The van der Waals surface area contributed by atoms with E-state index < -0.39 is 0 Å². The van der Waals surface area contributed by atoms with Crippen LogP contribution in [0.3, 0.4) is 0 Å². The summed E-state index contributed by atoms with van der Waals surface area (Å²) in [6.07, 6.45) is 4.47. The Hall–Kier alpha value is -1.51. The highest BCUT2D eigenvalue weighted by Crippen LogP contribution is 2.19. The van der Waals surface area contributed by atoms with Crippen molar-refractivity contribution in [1.29, 1.82) is 0 Å². The average molecular weight is 202 g/mol. The summed E-state index contributed by atoms with van der Waals surface area (Å²) in [6, 6.07) is 7.87. The molecular weight excluding hydrogens is 188 g/mol. The zero-order chi connectivity index (χ0) is 10.3. The molecule has 0 aliphatic carbocycles. The molecule has 2 aromatic rings. The molecule has 3 nitrogen and oxygen atoms in total. The second kappa shape index (κ2) is 3.26. The lowest BCUT2D eigenvalue weighted by Crippen LogP contribution is -2.30. The SMILES string of the molecule is [O-][n+]1c2n(c3ccccc31)CCCCC2. The van der Waals surface area contributed by atoms with Gasteiger partial charge in [0.25, 0.3) is 5.82 Å². The lowest BCUT2D eigenvalue weighted by molar-refractivity contribution is -0.587. The van der Waals surface area contributed by atoms with Crippen molar-refractivity contribution in [3.05, 3.63) is 35.3 Å². The van der Waals surface area contributed by atoms with Gasteiger partial charge in [-0.25, -0.2) is 9.30 Å². The summed E-state index contributed by atoms with van der Waals surface area (Å²) in [7, 11) is 0. The molecule has 3 rings (SSSR count). The van der Waals surface area contributed by atoms with Crippen molar-refractivity contribution in [2.75, 3.05) is 0 Å². The summed E-state index contributed by atoms with van der Waals surface area (Å²) >= 11 is 0. The first kappa shape index (κ1) is 8.77. The Balaban J connectivity index is 2.32. The Kier molecular flexibility index (Phi) is 1.91. The Labute approximate surface area is 88.5 Å². The zero-order valence-corrected chi connectivity index (χ0v) is 8.65. The summed E-state index contributed by atoms with van der Waals surface area (Å²) in [5, 5.41) is 12.0. The minimum Gasteiger partial charge on any atom is -0.710 e. The highest BCUT2D eigenvalue weighted by atomic mass is 16.5. The van der Waals surface area contributed by atoms with Crippen molar-refractivity contribution >= 4 is 11.0 Å². The first-order valence-electron chi connectivity index (χ1n) is 5.57. The molecule has 0 unspecified atom stereocenters. The number of aryl methyl sites for hydroxylation is 1. The predicted octanol–water partition coefficient (Wildman–Crippen LogP) is 2.00. The fraction of sp³-hybridized carbons (Fsp3) is 0.417. The molecule has 78 valence electrons. The van der Waals surface area contributed by atoms with Crippen LogP contribution in [0.1, 0.15) is 25.1 Å². The van der Waals surface area contributed by atoms with Gasteiger partial charge >= 0.3 is 0 Å². The molecule has 2 heterocycles. The third-order valence-electron chi connectivity index (χ3n) is 3.22. The van der Waals surface area contributed by atoms with Gasteiger partial charge in [-0.3, -0.25) is 0 Å². The quantitative estimate of drug-likeness (QED) is 0.475. The van der Waals surface area contributed by atoms with Gasteiger partial charge in [0.1, 0.15) is 0 Å². The van der Waals surface area contributed by atoms with Gasteiger partial charge in [-0.15, -0.1) is 0 Å². The molecule has 15 heavy (non-hydrogen) atoms. The van der Waals surface area contributed by atoms with E-state index in [9.17, 15) is 5.21 Å². The van der Waals surface area contributed by atoms with Crippen molar-refractivity contribution in [3.8, 4) is 0 Å². The van der Waals surface area contributed by atoms with Gasteiger partial charge in [-0.1, -0.05) is 12.1 Å². The molecular formula is C12H14N2O. The molecule has 0 bridgehead atoms. The maximum atomic E-state index is 12.0. The average Bonchev–Trinajstić information content (AvgIpc) is 2.48. The monoisotopic (exact) mass is 202 g/mol. The summed E-state index contributed by atoms with van der Waals surface area (Å²) < 4.78 is 3.30. The Morgan fingerprint density at radius 1 is 1.13 bits per heavy atom. The molecule has 1 aliphatic rings. The number of imidazole rings is 1. The van der Waals surface area contributed by atoms with Gasteiger partial charge in [-0.05, 0) is 31.4 Å². The van der Waals surface area contributed by atoms with Gasteiger partial charge in [0, 0.05) is 6.42 Å². The molecule has 3 heteroatoms. The van der Waals surface area contributed by atoms with Crippen LogP contribution in [0.4, 0.5) is 0 Å². The van der Waals surface area contributed by atoms with Crippen molar-refractivity contribution in [1.82, 2.24) is 4.57 Å². The van der Waals surface area contributed by atoms with Gasteiger partial charge in [0.2, 0.25) is 0 Å². The molecule has 0 atom stereocenters. The van der Waals surface area contributed by atoms with E-state index in [2.05, 4.69) is 4.57 Å². The summed E-state index contributed by atoms with van der Waals surface area (Å²) in [5.41, 5.74) is 1.90. The summed E-state index contributed by atoms with van der Waals surface area (Å²) in [5.74, 6) is 0.939. The van der Waals surface area contributed by atoms with Crippen LogP contribution in [0.15, 0.2) is 24.3 Å². The van der Waals surface area contributed by atoms with E-state index in [1.54, 1.807) is 0 Å². The number of fused-ring (bicyclic) bond motifs is 3. The maximum Gasteiger partial charge on any atom is 0.260 e. The van der Waals surface area contributed by atoms with E-state index in [0.29, 0.717) is 0 Å². The van der Waals surface area contributed by atoms with E-state index >= 15 is 0 Å². The van der Waals surface area contributed by atoms with E-state index in [4.69, 9.17) is 0 Å². The van der Waals surface area contributed by atoms with Crippen molar-refractivity contribution in [2.24, 2.45) is 0 Å². The number of hydrogen-bond donors (Lipinski definition) is 0.